The number of carboxylic acids is 1. The fourth-order valence-electron chi connectivity index (χ4n) is 2.28. The largest absolute Gasteiger partial charge is 0.482 e. The van der Waals surface area contributed by atoms with Gasteiger partial charge in [-0.25, -0.2) is 4.79 Å². The van der Waals surface area contributed by atoms with Gasteiger partial charge in [-0.15, -0.1) is 0 Å². The Kier molecular flexibility index (Phi) is 6.37. The summed E-state index contributed by atoms with van der Waals surface area (Å²) in [6.45, 7) is 1.53. The molecule has 2 aromatic carbocycles. The third-order valence-corrected chi connectivity index (χ3v) is 3.54. The highest BCUT2D eigenvalue weighted by Gasteiger charge is 2.11. The molecule has 0 aromatic heterocycles. The van der Waals surface area contributed by atoms with Crippen LogP contribution in [0.25, 0.3) is 0 Å². The Morgan fingerprint density at radius 2 is 1.88 bits per heavy atom. The first-order chi connectivity index (χ1) is 11.5. The summed E-state index contributed by atoms with van der Waals surface area (Å²) in [5.74, 6) is -0.891. The zero-order valence-corrected chi connectivity index (χ0v) is 13.6. The van der Waals surface area contributed by atoms with Crippen LogP contribution >= 0.6 is 0 Å². The Morgan fingerprint density at radius 1 is 1.12 bits per heavy atom. The molecule has 126 valence electrons. The molecular weight excluding hydrogens is 306 g/mol. The van der Waals surface area contributed by atoms with Gasteiger partial charge in [0.05, 0.1) is 0 Å². The minimum Gasteiger partial charge on any atom is -0.482 e. The van der Waals surface area contributed by atoms with Crippen molar-refractivity contribution in [3.63, 3.8) is 0 Å². The summed E-state index contributed by atoms with van der Waals surface area (Å²) in [4.78, 5) is 22.8. The molecule has 2 rings (SSSR count). The van der Waals surface area contributed by atoms with Gasteiger partial charge in [0.1, 0.15) is 5.75 Å². The lowest BCUT2D eigenvalue weighted by Gasteiger charge is -2.14. The molecule has 5 nitrogen and oxygen atoms in total. The van der Waals surface area contributed by atoms with Gasteiger partial charge in [0.15, 0.2) is 6.61 Å². The standard InChI is InChI=1S/C19H21NO4/c1-14(10-11-15-6-3-2-4-7-15)20-19(23)16-8-5-9-17(12-16)24-13-18(21)22/h2-9,12,14H,10-11,13H2,1H3,(H,20,23)(H,21,22). The predicted molar refractivity (Wildman–Crippen MR) is 91.3 cm³/mol. The second-order valence-electron chi connectivity index (χ2n) is 5.61. The average molecular weight is 327 g/mol. The maximum absolute atomic E-state index is 12.3. The van der Waals surface area contributed by atoms with Gasteiger partial charge in [0.25, 0.3) is 5.91 Å². The van der Waals surface area contributed by atoms with Gasteiger partial charge < -0.3 is 15.2 Å². The highest BCUT2D eigenvalue weighted by molar-refractivity contribution is 5.94. The monoisotopic (exact) mass is 327 g/mol. The van der Waals surface area contributed by atoms with Crippen molar-refractivity contribution >= 4 is 11.9 Å². The van der Waals surface area contributed by atoms with Crippen LogP contribution in [-0.2, 0) is 11.2 Å². The molecule has 0 saturated heterocycles. The number of nitrogens with one attached hydrogen (secondary N) is 1. The Hall–Kier alpha value is -2.82. The molecule has 2 N–H and O–H groups in total. The zero-order chi connectivity index (χ0) is 17.4. The second kappa shape index (κ2) is 8.72. The summed E-state index contributed by atoms with van der Waals surface area (Å²) in [5, 5.41) is 11.6. The number of carboxylic acid groups (broad SMARTS) is 1. The maximum Gasteiger partial charge on any atom is 0.341 e. The van der Waals surface area contributed by atoms with E-state index in [4.69, 9.17) is 9.84 Å². The van der Waals surface area contributed by atoms with Crippen LogP contribution < -0.4 is 10.1 Å². The average Bonchev–Trinajstić information content (AvgIpc) is 2.59. The van der Waals surface area contributed by atoms with Crippen LogP contribution in [0.15, 0.2) is 54.6 Å². The van der Waals surface area contributed by atoms with Crippen LogP contribution in [0.2, 0.25) is 0 Å². The smallest absolute Gasteiger partial charge is 0.341 e. The highest BCUT2D eigenvalue weighted by Crippen LogP contribution is 2.14. The molecule has 0 spiro atoms. The van der Waals surface area contributed by atoms with E-state index in [0.717, 1.165) is 12.8 Å². The van der Waals surface area contributed by atoms with Gasteiger partial charge in [-0.3, -0.25) is 4.79 Å². The maximum atomic E-state index is 12.3. The predicted octanol–water partition coefficient (Wildman–Crippen LogP) is 2.90. The molecule has 0 bridgehead atoms. The molecule has 0 aliphatic carbocycles. The van der Waals surface area contributed by atoms with Crippen molar-refractivity contribution in [2.24, 2.45) is 0 Å². The summed E-state index contributed by atoms with van der Waals surface area (Å²) in [5.41, 5.74) is 1.69. The fourth-order valence-corrected chi connectivity index (χ4v) is 2.28. The molecular formula is C19H21NO4. The fraction of sp³-hybridized carbons (Fsp3) is 0.263. The third-order valence-electron chi connectivity index (χ3n) is 3.54. The molecule has 1 atom stereocenters. The van der Waals surface area contributed by atoms with Crippen LogP contribution in [0.5, 0.6) is 5.75 Å². The number of carbonyl (C=O) groups excluding carboxylic acids is 1. The molecule has 2 aromatic rings. The van der Waals surface area contributed by atoms with E-state index in [1.54, 1.807) is 24.3 Å². The van der Waals surface area contributed by atoms with E-state index >= 15 is 0 Å². The lowest BCUT2D eigenvalue weighted by Crippen LogP contribution is -2.32. The third kappa shape index (κ3) is 5.76. The van der Waals surface area contributed by atoms with Gasteiger partial charge in [0, 0.05) is 11.6 Å². The van der Waals surface area contributed by atoms with E-state index < -0.39 is 12.6 Å². The number of amides is 1. The van der Waals surface area contributed by atoms with E-state index in [1.165, 1.54) is 5.56 Å². The van der Waals surface area contributed by atoms with Crippen molar-refractivity contribution in [2.45, 2.75) is 25.8 Å². The molecule has 0 radical (unpaired) electrons. The van der Waals surface area contributed by atoms with Crippen molar-refractivity contribution < 1.29 is 19.4 Å². The summed E-state index contributed by atoms with van der Waals surface area (Å²) < 4.78 is 5.09. The number of rotatable bonds is 8. The van der Waals surface area contributed by atoms with Crippen molar-refractivity contribution in [2.75, 3.05) is 6.61 Å². The number of hydrogen-bond acceptors (Lipinski definition) is 3. The van der Waals surface area contributed by atoms with Gasteiger partial charge in [-0.2, -0.15) is 0 Å². The number of aliphatic carboxylic acids is 1. The number of ether oxygens (including phenoxy) is 1. The Balaban J connectivity index is 1.87. The number of hydrogen-bond donors (Lipinski definition) is 2. The minimum absolute atomic E-state index is 0.0290. The van der Waals surface area contributed by atoms with Crippen LogP contribution in [0, 0.1) is 0 Å². The van der Waals surface area contributed by atoms with Gasteiger partial charge >= 0.3 is 5.97 Å². The quantitative estimate of drug-likeness (QED) is 0.782. The van der Waals surface area contributed by atoms with E-state index in [-0.39, 0.29) is 11.9 Å². The van der Waals surface area contributed by atoms with Crippen molar-refractivity contribution in [3.05, 3.63) is 65.7 Å². The first-order valence-corrected chi connectivity index (χ1v) is 7.84. The molecule has 1 unspecified atom stereocenters. The van der Waals surface area contributed by atoms with Gasteiger partial charge in [-0.05, 0) is 43.5 Å². The van der Waals surface area contributed by atoms with Crippen molar-refractivity contribution in [1.29, 1.82) is 0 Å². The summed E-state index contributed by atoms with van der Waals surface area (Å²) in [6.07, 6.45) is 1.73. The van der Waals surface area contributed by atoms with E-state index in [2.05, 4.69) is 17.4 Å². The van der Waals surface area contributed by atoms with Crippen LogP contribution in [0.4, 0.5) is 0 Å². The SMILES string of the molecule is CC(CCc1ccccc1)NC(=O)c1cccc(OCC(=O)O)c1. The Bertz CT molecular complexity index is 685. The number of benzene rings is 2. The van der Waals surface area contributed by atoms with Crippen LogP contribution in [0.3, 0.4) is 0 Å². The molecule has 0 fully saturated rings. The summed E-state index contributed by atoms with van der Waals surface area (Å²) in [6, 6.07) is 16.7. The first-order valence-electron chi connectivity index (χ1n) is 7.84. The Labute approximate surface area is 141 Å². The molecule has 1 amide bonds. The second-order valence-corrected chi connectivity index (χ2v) is 5.61. The lowest BCUT2D eigenvalue weighted by atomic mass is 10.1. The number of carbonyl (C=O) groups is 2. The number of aryl methyl sites for hydroxylation is 1. The van der Waals surface area contributed by atoms with E-state index in [1.807, 2.05) is 25.1 Å². The topological polar surface area (TPSA) is 75.6 Å². The minimum atomic E-state index is -1.06. The summed E-state index contributed by atoms with van der Waals surface area (Å²) in [7, 11) is 0. The molecule has 0 heterocycles. The normalized spacial score (nSPS) is 11.5. The van der Waals surface area contributed by atoms with E-state index in [9.17, 15) is 9.59 Å². The highest BCUT2D eigenvalue weighted by atomic mass is 16.5. The molecule has 0 aliphatic heterocycles. The zero-order valence-electron chi connectivity index (χ0n) is 13.6. The molecule has 24 heavy (non-hydrogen) atoms. The van der Waals surface area contributed by atoms with E-state index in [0.29, 0.717) is 11.3 Å². The molecule has 5 heteroatoms. The summed E-state index contributed by atoms with van der Waals surface area (Å²) >= 11 is 0. The lowest BCUT2D eigenvalue weighted by molar-refractivity contribution is -0.139. The van der Waals surface area contributed by atoms with Gasteiger partial charge in [-0.1, -0.05) is 36.4 Å². The van der Waals surface area contributed by atoms with Crippen molar-refractivity contribution in [1.82, 2.24) is 5.32 Å². The van der Waals surface area contributed by atoms with Crippen LogP contribution in [-0.4, -0.2) is 29.6 Å². The molecule has 0 saturated carbocycles. The van der Waals surface area contributed by atoms with Crippen LogP contribution in [0.1, 0.15) is 29.3 Å². The first kappa shape index (κ1) is 17.5. The van der Waals surface area contributed by atoms with Crippen molar-refractivity contribution in [3.8, 4) is 5.75 Å². The molecule has 0 aliphatic rings. The Morgan fingerprint density at radius 3 is 2.58 bits per heavy atom. The van der Waals surface area contributed by atoms with Gasteiger partial charge in [0.2, 0.25) is 0 Å².